The first-order chi connectivity index (χ1) is 13.9. The molecular formula is C22H33N3O4. The summed E-state index contributed by atoms with van der Waals surface area (Å²) in [7, 11) is 1.57. The minimum absolute atomic E-state index is 0.00574. The minimum atomic E-state index is -0.594. The second-order valence-corrected chi connectivity index (χ2v) is 7.26. The Morgan fingerprint density at radius 2 is 1.69 bits per heavy atom. The van der Waals surface area contributed by atoms with Gasteiger partial charge in [-0.25, -0.2) is 0 Å². The minimum Gasteiger partial charge on any atom is -0.497 e. The summed E-state index contributed by atoms with van der Waals surface area (Å²) in [6.07, 6.45) is 1.89. The van der Waals surface area contributed by atoms with Crippen molar-refractivity contribution >= 4 is 17.7 Å². The summed E-state index contributed by atoms with van der Waals surface area (Å²) in [5.74, 6) is 0.483. The average Bonchev–Trinajstić information content (AvgIpc) is 2.77. The van der Waals surface area contributed by atoms with Crippen LogP contribution in [0.4, 0.5) is 0 Å². The maximum atomic E-state index is 13.2. The van der Waals surface area contributed by atoms with E-state index in [4.69, 9.17) is 4.74 Å². The number of nitrogens with one attached hydrogen (secondary N) is 1. The lowest BCUT2D eigenvalue weighted by Gasteiger charge is -2.37. The average molecular weight is 404 g/mol. The van der Waals surface area contributed by atoms with Gasteiger partial charge in [-0.2, -0.15) is 0 Å². The molecule has 0 bridgehead atoms. The molecule has 1 N–H and O–H groups in total. The first-order valence-electron chi connectivity index (χ1n) is 10.5. The van der Waals surface area contributed by atoms with Crippen LogP contribution >= 0.6 is 0 Å². The highest BCUT2D eigenvalue weighted by atomic mass is 16.5. The van der Waals surface area contributed by atoms with Gasteiger partial charge in [-0.3, -0.25) is 14.4 Å². The van der Waals surface area contributed by atoms with Crippen LogP contribution in [-0.2, 0) is 9.59 Å². The van der Waals surface area contributed by atoms with Gasteiger partial charge in [0, 0.05) is 38.2 Å². The smallest absolute Gasteiger partial charge is 0.251 e. The number of hydrogen-bond acceptors (Lipinski definition) is 4. The Bertz CT molecular complexity index is 693. The van der Waals surface area contributed by atoms with Crippen LogP contribution < -0.4 is 10.1 Å². The molecule has 1 unspecified atom stereocenters. The van der Waals surface area contributed by atoms with Gasteiger partial charge in [0.15, 0.2) is 0 Å². The molecule has 0 radical (unpaired) electrons. The third-order valence-electron chi connectivity index (χ3n) is 5.65. The Hall–Kier alpha value is -2.57. The molecular weight excluding hydrogens is 370 g/mol. The van der Waals surface area contributed by atoms with E-state index in [0.717, 1.165) is 0 Å². The maximum absolute atomic E-state index is 13.2. The molecule has 0 saturated carbocycles. The molecule has 1 aliphatic rings. The van der Waals surface area contributed by atoms with E-state index in [9.17, 15) is 14.4 Å². The molecule has 0 aliphatic carbocycles. The van der Waals surface area contributed by atoms with Gasteiger partial charge < -0.3 is 19.9 Å². The molecule has 0 aromatic heterocycles. The van der Waals surface area contributed by atoms with Gasteiger partial charge in [-0.05, 0) is 56.9 Å². The first kappa shape index (κ1) is 22.7. The molecule has 7 nitrogen and oxygen atoms in total. The normalized spacial score (nSPS) is 15.5. The van der Waals surface area contributed by atoms with E-state index in [1.54, 1.807) is 36.3 Å². The highest BCUT2D eigenvalue weighted by molar-refractivity contribution is 5.97. The highest BCUT2D eigenvalue weighted by Gasteiger charge is 2.35. The van der Waals surface area contributed by atoms with Gasteiger partial charge in [0.05, 0.1) is 7.11 Å². The zero-order chi connectivity index (χ0) is 21.4. The van der Waals surface area contributed by atoms with Crippen LogP contribution in [-0.4, -0.2) is 66.9 Å². The lowest BCUT2D eigenvalue weighted by molar-refractivity contribution is -0.135. The fourth-order valence-corrected chi connectivity index (χ4v) is 3.79. The molecule has 29 heavy (non-hydrogen) atoms. The zero-order valence-electron chi connectivity index (χ0n) is 17.9. The summed E-state index contributed by atoms with van der Waals surface area (Å²) < 4.78 is 5.14. The number of rotatable bonds is 8. The molecule has 1 aromatic rings. The monoisotopic (exact) mass is 403 g/mol. The summed E-state index contributed by atoms with van der Waals surface area (Å²) >= 11 is 0. The Labute approximate surface area is 173 Å². The summed E-state index contributed by atoms with van der Waals surface area (Å²) in [5.41, 5.74) is 0.488. The van der Waals surface area contributed by atoms with Gasteiger partial charge in [0.25, 0.3) is 5.91 Å². The number of benzene rings is 1. The Morgan fingerprint density at radius 3 is 2.17 bits per heavy atom. The van der Waals surface area contributed by atoms with Crippen molar-refractivity contribution in [2.45, 2.75) is 46.1 Å². The van der Waals surface area contributed by atoms with Crippen molar-refractivity contribution in [3.05, 3.63) is 29.8 Å². The third kappa shape index (κ3) is 5.71. The van der Waals surface area contributed by atoms with E-state index >= 15 is 0 Å². The molecule has 1 aliphatic heterocycles. The molecule has 1 fully saturated rings. The second kappa shape index (κ2) is 10.8. The van der Waals surface area contributed by atoms with E-state index < -0.39 is 6.04 Å². The van der Waals surface area contributed by atoms with Crippen molar-refractivity contribution in [2.75, 3.05) is 33.3 Å². The van der Waals surface area contributed by atoms with E-state index in [1.165, 1.54) is 0 Å². The molecule has 160 valence electrons. The second-order valence-electron chi connectivity index (χ2n) is 7.26. The summed E-state index contributed by atoms with van der Waals surface area (Å²) in [6.45, 7) is 8.17. The molecule has 7 heteroatoms. The van der Waals surface area contributed by atoms with Gasteiger partial charge >= 0.3 is 0 Å². The number of hydrogen-bond donors (Lipinski definition) is 1. The standard InChI is InChI=1S/C22H33N3O4/c1-5-19(26)25-14-12-16(13-15-25)20(22(28)24(6-2)7-3)23-21(27)17-8-10-18(29-4)11-9-17/h8-11,16,20H,5-7,12-15H2,1-4H3,(H,23,27). The summed E-state index contributed by atoms with van der Waals surface area (Å²) in [5, 5.41) is 2.97. The number of methoxy groups -OCH3 is 1. The van der Waals surface area contributed by atoms with Crippen LogP contribution in [0.3, 0.4) is 0 Å². The Kier molecular flexibility index (Phi) is 8.49. The maximum Gasteiger partial charge on any atom is 0.251 e. The van der Waals surface area contributed by atoms with Gasteiger partial charge in [-0.15, -0.1) is 0 Å². The van der Waals surface area contributed by atoms with Crippen molar-refractivity contribution in [3.8, 4) is 5.75 Å². The number of carbonyl (C=O) groups excluding carboxylic acids is 3. The topological polar surface area (TPSA) is 79.0 Å². The number of piperidine rings is 1. The fraction of sp³-hybridized carbons (Fsp3) is 0.591. The lowest BCUT2D eigenvalue weighted by Crippen LogP contribution is -2.54. The molecule has 1 heterocycles. The number of nitrogens with zero attached hydrogens (tertiary/aromatic N) is 2. The number of ether oxygens (including phenoxy) is 1. The van der Waals surface area contributed by atoms with Gasteiger partial charge in [0.1, 0.15) is 11.8 Å². The largest absolute Gasteiger partial charge is 0.497 e. The predicted molar refractivity (Wildman–Crippen MR) is 112 cm³/mol. The van der Waals surface area contributed by atoms with Crippen LogP contribution in [0.2, 0.25) is 0 Å². The molecule has 1 saturated heterocycles. The van der Waals surface area contributed by atoms with Gasteiger partial charge in [-0.1, -0.05) is 6.92 Å². The van der Waals surface area contributed by atoms with Gasteiger partial charge in [0.2, 0.25) is 11.8 Å². The number of likely N-dealkylation sites (tertiary alicyclic amines) is 1. The van der Waals surface area contributed by atoms with Crippen LogP contribution in [0.5, 0.6) is 5.75 Å². The van der Waals surface area contributed by atoms with Crippen LogP contribution in [0.15, 0.2) is 24.3 Å². The lowest BCUT2D eigenvalue weighted by atomic mass is 9.88. The van der Waals surface area contributed by atoms with E-state index in [2.05, 4.69) is 5.32 Å². The molecule has 3 amide bonds. The highest BCUT2D eigenvalue weighted by Crippen LogP contribution is 2.23. The molecule has 0 spiro atoms. The fourth-order valence-electron chi connectivity index (χ4n) is 3.79. The SMILES string of the molecule is CCC(=O)N1CCC(C(NC(=O)c2ccc(OC)cc2)C(=O)N(CC)CC)CC1. The summed E-state index contributed by atoms with van der Waals surface area (Å²) in [6, 6.07) is 6.24. The van der Waals surface area contributed by atoms with Crippen LogP contribution in [0, 0.1) is 5.92 Å². The van der Waals surface area contributed by atoms with Crippen molar-refractivity contribution in [1.82, 2.24) is 15.1 Å². The first-order valence-corrected chi connectivity index (χ1v) is 10.5. The van der Waals surface area contributed by atoms with E-state index in [-0.39, 0.29) is 23.6 Å². The number of likely N-dealkylation sites (N-methyl/N-ethyl adjacent to an activating group) is 1. The predicted octanol–water partition coefficient (Wildman–Crippen LogP) is 2.31. The van der Waals surface area contributed by atoms with Crippen LogP contribution in [0.1, 0.15) is 50.4 Å². The molecule has 1 aromatic carbocycles. The van der Waals surface area contributed by atoms with E-state index in [0.29, 0.717) is 56.8 Å². The number of amides is 3. The van der Waals surface area contributed by atoms with E-state index in [1.807, 2.05) is 25.7 Å². The zero-order valence-corrected chi connectivity index (χ0v) is 17.9. The van der Waals surface area contributed by atoms with Crippen molar-refractivity contribution in [1.29, 1.82) is 0 Å². The quantitative estimate of drug-likeness (QED) is 0.722. The van der Waals surface area contributed by atoms with Crippen LogP contribution in [0.25, 0.3) is 0 Å². The molecule has 2 rings (SSSR count). The van der Waals surface area contributed by atoms with Crippen molar-refractivity contribution < 1.29 is 19.1 Å². The van der Waals surface area contributed by atoms with Crippen molar-refractivity contribution in [2.24, 2.45) is 5.92 Å². The van der Waals surface area contributed by atoms with Crippen molar-refractivity contribution in [3.63, 3.8) is 0 Å². The Balaban J connectivity index is 2.15. The Morgan fingerprint density at radius 1 is 1.10 bits per heavy atom. The number of carbonyl (C=O) groups is 3. The molecule has 1 atom stereocenters. The third-order valence-corrected chi connectivity index (χ3v) is 5.65. The summed E-state index contributed by atoms with van der Waals surface area (Å²) in [4.78, 5) is 41.6.